The maximum absolute atomic E-state index is 11.5. The summed E-state index contributed by atoms with van der Waals surface area (Å²) in [5.74, 6) is 0. The van der Waals surface area contributed by atoms with Gasteiger partial charge in [-0.15, -0.1) is 0 Å². The molecule has 0 aromatic carbocycles. The summed E-state index contributed by atoms with van der Waals surface area (Å²) in [7, 11) is -3.04. The van der Waals surface area contributed by atoms with Gasteiger partial charge in [-0.3, -0.25) is 4.90 Å². The number of hydrogen-bond donors (Lipinski definition) is 1. The van der Waals surface area contributed by atoms with Crippen molar-refractivity contribution in [3.63, 3.8) is 0 Å². The van der Waals surface area contributed by atoms with Crippen LogP contribution >= 0.6 is 0 Å². The number of nitrogens with one attached hydrogen (secondary N) is 1. The molecule has 0 aromatic rings. The lowest BCUT2D eigenvalue weighted by Gasteiger charge is -2.32. The van der Waals surface area contributed by atoms with Crippen LogP contribution in [0.3, 0.4) is 0 Å². The van der Waals surface area contributed by atoms with E-state index in [4.69, 9.17) is 0 Å². The second kappa shape index (κ2) is 7.20. The zero-order chi connectivity index (χ0) is 14.6. The van der Waals surface area contributed by atoms with Crippen LogP contribution in [0, 0.1) is 0 Å². The van der Waals surface area contributed by atoms with E-state index in [1.807, 2.05) is 6.92 Å². The molecule has 2 fully saturated rings. The van der Waals surface area contributed by atoms with Crippen LogP contribution in [0.5, 0.6) is 0 Å². The molecule has 5 nitrogen and oxygen atoms in total. The first kappa shape index (κ1) is 16.2. The monoisotopic (exact) mass is 303 g/mol. The maximum atomic E-state index is 11.5. The summed E-state index contributed by atoms with van der Waals surface area (Å²) in [6, 6.07) is 1.34. The van der Waals surface area contributed by atoms with E-state index in [9.17, 15) is 8.42 Å². The zero-order valence-electron chi connectivity index (χ0n) is 12.8. The Labute approximate surface area is 123 Å². The molecular formula is C14H29N3O2S. The van der Waals surface area contributed by atoms with Crippen molar-refractivity contribution >= 4 is 10.0 Å². The highest BCUT2D eigenvalue weighted by atomic mass is 32.2. The van der Waals surface area contributed by atoms with Gasteiger partial charge in [0.1, 0.15) is 0 Å². The highest BCUT2D eigenvalue weighted by Crippen LogP contribution is 2.26. The van der Waals surface area contributed by atoms with Crippen LogP contribution in [0.2, 0.25) is 0 Å². The Morgan fingerprint density at radius 1 is 1.25 bits per heavy atom. The molecule has 0 bridgehead atoms. The largest absolute Gasteiger partial charge is 0.312 e. The van der Waals surface area contributed by atoms with Gasteiger partial charge in [0.15, 0.2) is 0 Å². The van der Waals surface area contributed by atoms with Gasteiger partial charge in [0.05, 0.1) is 6.26 Å². The number of nitrogens with zero attached hydrogens (tertiary/aromatic N) is 2. The quantitative estimate of drug-likeness (QED) is 0.709. The van der Waals surface area contributed by atoms with Gasteiger partial charge in [-0.05, 0) is 38.8 Å². The minimum atomic E-state index is -3.04. The number of piperidine rings is 1. The lowest BCUT2D eigenvalue weighted by atomic mass is 9.99. The Morgan fingerprint density at radius 3 is 2.75 bits per heavy atom. The van der Waals surface area contributed by atoms with Gasteiger partial charge in [-0.25, -0.2) is 12.7 Å². The van der Waals surface area contributed by atoms with Gasteiger partial charge < -0.3 is 5.32 Å². The summed E-state index contributed by atoms with van der Waals surface area (Å²) in [5, 5.41) is 3.65. The van der Waals surface area contributed by atoms with E-state index < -0.39 is 10.0 Å². The molecule has 0 spiro atoms. The van der Waals surface area contributed by atoms with Crippen molar-refractivity contribution in [2.75, 3.05) is 39.0 Å². The van der Waals surface area contributed by atoms with Crippen molar-refractivity contribution in [3.05, 3.63) is 0 Å². The van der Waals surface area contributed by atoms with E-state index in [-0.39, 0.29) is 0 Å². The SMILES string of the molecule is CCN(CCCNC1CCN2CCCCC12)S(C)(=O)=O. The van der Waals surface area contributed by atoms with Crippen molar-refractivity contribution in [2.45, 2.75) is 51.1 Å². The molecule has 2 aliphatic rings. The molecule has 2 aliphatic heterocycles. The van der Waals surface area contributed by atoms with E-state index >= 15 is 0 Å². The van der Waals surface area contributed by atoms with Crippen molar-refractivity contribution < 1.29 is 8.42 Å². The molecule has 2 heterocycles. The van der Waals surface area contributed by atoms with Gasteiger partial charge >= 0.3 is 0 Å². The van der Waals surface area contributed by atoms with Crippen LogP contribution in [0.4, 0.5) is 0 Å². The van der Waals surface area contributed by atoms with Crippen LogP contribution < -0.4 is 5.32 Å². The van der Waals surface area contributed by atoms with Crippen molar-refractivity contribution in [1.29, 1.82) is 0 Å². The van der Waals surface area contributed by atoms with Crippen LogP contribution in [-0.2, 0) is 10.0 Å². The van der Waals surface area contributed by atoms with Crippen LogP contribution in [0.25, 0.3) is 0 Å². The minimum absolute atomic E-state index is 0.568. The number of hydrogen-bond acceptors (Lipinski definition) is 4. The highest BCUT2D eigenvalue weighted by molar-refractivity contribution is 7.88. The normalized spacial score (nSPS) is 27.9. The van der Waals surface area contributed by atoms with E-state index in [1.54, 1.807) is 4.31 Å². The first-order valence-corrected chi connectivity index (χ1v) is 9.79. The van der Waals surface area contributed by atoms with E-state index in [1.165, 1.54) is 45.0 Å². The van der Waals surface area contributed by atoms with Crippen LogP contribution in [-0.4, -0.2) is 68.7 Å². The second-order valence-corrected chi connectivity index (χ2v) is 8.04. The molecule has 118 valence electrons. The lowest BCUT2D eigenvalue weighted by Crippen LogP contribution is -2.45. The van der Waals surface area contributed by atoms with Gasteiger partial charge in [-0.1, -0.05) is 13.3 Å². The minimum Gasteiger partial charge on any atom is -0.312 e. The first-order valence-electron chi connectivity index (χ1n) is 7.95. The standard InChI is InChI=1S/C14H29N3O2S/c1-3-17(20(2,18)19)11-6-9-15-13-8-12-16-10-5-4-7-14(13)16/h13-15H,3-12H2,1-2H3. The molecule has 0 saturated carbocycles. The van der Waals surface area contributed by atoms with Crippen molar-refractivity contribution in [2.24, 2.45) is 0 Å². The second-order valence-electron chi connectivity index (χ2n) is 6.06. The number of fused-ring (bicyclic) bond motifs is 1. The Morgan fingerprint density at radius 2 is 2.05 bits per heavy atom. The first-order chi connectivity index (χ1) is 9.52. The molecule has 2 rings (SSSR count). The maximum Gasteiger partial charge on any atom is 0.211 e. The predicted molar refractivity (Wildman–Crippen MR) is 82.3 cm³/mol. The molecule has 0 aromatic heterocycles. The van der Waals surface area contributed by atoms with E-state index in [2.05, 4.69) is 10.2 Å². The average Bonchev–Trinajstić information content (AvgIpc) is 2.81. The van der Waals surface area contributed by atoms with Crippen LogP contribution in [0.15, 0.2) is 0 Å². The Balaban J connectivity index is 1.68. The number of rotatable bonds is 7. The third kappa shape index (κ3) is 4.16. The third-order valence-electron chi connectivity index (χ3n) is 4.67. The lowest BCUT2D eigenvalue weighted by molar-refractivity contribution is 0.180. The van der Waals surface area contributed by atoms with Gasteiger partial charge in [0.2, 0.25) is 10.0 Å². The van der Waals surface area contributed by atoms with E-state index in [0.717, 1.165) is 19.0 Å². The highest BCUT2D eigenvalue weighted by Gasteiger charge is 2.34. The van der Waals surface area contributed by atoms with Gasteiger partial charge in [-0.2, -0.15) is 0 Å². The molecule has 0 amide bonds. The fourth-order valence-corrected chi connectivity index (χ4v) is 4.52. The van der Waals surface area contributed by atoms with Gasteiger partial charge in [0.25, 0.3) is 0 Å². The molecule has 1 N–H and O–H groups in total. The fourth-order valence-electron chi connectivity index (χ4n) is 3.59. The summed E-state index contributed by atoms with van der Waals surface area (Å²) >= 11 is 0. The molecular weight excluding hydrogens is 274 g/mol. The van der Waals surface area contributed by atoms with Crippen molar-refractivity contribution in [1.82, 2.24) is 14.5 Å². The molecule has 0 radical (unpaired) electrons. The molecule has 2 unspecified atom stereocenters. The summed E-state index contributed by atoms with van der Waals surface area (Å²) < 4.78 is 24.6. The molecule has 0 aliphatic carbocycles. The smallest absolute Gasteiger partial charge is 0.211 e. The fraction of sp³-hybridized carbons (Fsp3) is 1.00. The zero-order valence-corrected chi connectivity index (χ0v) is 13.7. The Hall–Kier alpha value is -0.170. The molecule has 2 saturated heterocycles. The van der Waals surface area contributed by atoms with Gasteiger partial charge in [0, 0.05) is 31.7 Å². The summed E-state index contributed by atoms with van der Waals surface area (Å²) in [4.78, 5) is 2.62. The third-order valence-corrected chi connectivity index (χ3v) is 6.05. The Bertz CT molecular complexity index is 399. The topological polar surface area (TPSA) is 52.6 Å². The van der Waals surface area contributed by atoms with E-state index in [0.29, 0.717) is 19.1 Å². The average molecular weight is 303 g/mol. The van der Waals surface area contributed by atoms with Crippen molar-refractivity contribution in [3.8, 4) is 0 Å². The summed E-state index contributed by atoms with van der Waals surface area (Å²) in [6.07, 6.45) is 7.46. The van der Waals surface area contributed by atoms with Crippen LogP contribution in [0.1, 0.15) is 39.0 Å². The summed E-state index contributed by atoms with van der Waals surface area (Å²) in [5.41, 5.74) is 0. The molecule has 2 atom stereocenters. The number of sulfonamides is 1. The molecule has 20 heavy (non-hydrogen) atoms. The Kier molecular flexibility index (Phi) is 5.84. The molecule has 6 heteroatoms. The summed E-state index contributed by atoms with van der Waals surface area (Å²) in [6.45, 7) is 6.50. The predicted octanol–water partition coefficient (Wildman–Crippen LogP) is 0.874.